The molecule has 2 atom stereocenters. The van der Waals surface area contributed by atoms with Gasteiger partial charge in [0.2, 0.25) is 0 Å². The summed E-state index contributed by atoms with van der Waals surface area (Å²) in [5.74, 6) is 0.618. The van der Waals surface area contributed by atoms with Crippen molar-refractivity contribution in [3.8, 4) is 5.75 Å². The smallest absolute Gasteiger partial charge is 0.258 e. The normalized spacial score (nSPS) is 26.7. The molecule has 3 aliphatic rings. The molecule has 1 aromatic rings. The Hall–Kier alpha value is -2.71. The van der Waals surface area contributed by atoms with E-state index in [2.05, 4.69) is 15.6 Å². The number of halogens is 2. The Morgan fingerprint density at radius 3 is 2.77 bits per heavy atom. The Morgan fingerprint density at radius 1 is 1.30 bits per heavy atom. The predicted octanol–water partition coefficient (Wildman–Crippen LogP) is 2.60. The molecule has 7 nitrogen and oxygen atoms in total. The van der Waals surface area contributed by atoms with Crippen molar-refractivity contribution in [2.45, 2.75) is 26.1 Å². The van der Waals surface area contributed by atoms with Crippen molar-refractivity contribution in [3.63, 3.8) is 0 Å². The molecular weight excluding hydrogens is 409 g/mol. The summed E-state index contributed by atoms with van der Waals surface area (Å²) in [5, 5.41) is 15.0. The predicted molar refractivity (Wildman–Crippen MR) is 114 cm³/mol. The van der Waals surface area contributed by atoms with E-state index in [4.69, 9.17) is 21.7 Å². The van der Waals surface area contributed by atoms with Crippen LogP contribution in [0.15, 0.2) is 51.4 Å². The number of hydrogen-bond acceptors (Lipinski definition) is 6. The first-order valence-electron chi connectivity index (χ1n) is 9.75. The van der Waals surface area contributed by atoms with Gasteiger partial charge in [0, 0.05) is 24.4 Å². The first kappa shape index (κ1) is 20.6. The lowest BCUT2D eigenvalue weighted by Crippen LogP contribution is -2.31. The molecule has 1 aromatic carbocycles. The number of carbonyl (C=O) groups is 1. The van der Waals surface area contributed by atoms with Crippen molar-refractivity contribution < 1.29 is 13.9 Å². The van der Waals surface area contributed by atoms with Gasteiger partial charge >= 0.3 is 0 Å². The molecular formula is C21H23ClFN5O2. The third kappa shape index (κ3) is 3.85. The summed E-state index contributed by atoms with van der Waals surface area (Å²) in [4.78, 5) is 19.2. The maximum atomic E-state index is 14.0. The molecule has 0 spiro atoms. The molecule has 2 fully saturated rings. The fourth-order valence-electron chi connectivity index (χ4n) is 3.70. The number of ether oxygens (including phenoxy) is 1. The monoisotopic (exact) mass is 431 g/mol. The molecule has 158 valence electrons. The van der Waals surface area contributed by atoms with Gasteiger partial charge < -0.3 is 25.7 Å². The zero-order chi connectivity index (χ0) is 21.4. The summed E-state index contributed by atoms with van der Waals surface area (Å²) in [6.07, 6.45) is -1.75. The highest BCUT2D eigenvalue weighted by Crippen LogP contribution is 2.27. The van der Waals surface area contributed by atoms with Crippen LogP contribution in [0.1, 0.15) is 24.2 Å². The average Bonchev–Trinajstić information content (AvgIpc) is 3.31. The number of likely N-dealkylation sites (tertiary alicyclic amines) is 1. The molecule has 30 heavy (non-hydrogen) atoms. The first-order chi connectivity index (χ1) is 14.3. The molecule has 3 aliphatic heterocycles. The summed E-state index contributed by atoms with van der Waals surface area (Å²) in [6.45, 7) is 4.69. The summed E-state index contributed by atoms with van der Waals surface area (Å²) >= 11 is 6.18. The first-order valence-corrected chi connectivity index (χ1v) is 10.1. The highest BCUT2D eigenvalue weighted by molar-refractivity contribution is 6.43. The third-order valence-electron chi connectivity index (χ3n) is 5.35. The molecule has 9 heteroatoms. The topological polar surface area (TPSA) is 89.8 Å². The number of rotatable bonds is 3. The van der Waals surface area contributed by atoms with Gasteiger partial charge in [-0.25, -0.2) is 9.38 Å². The Bertz CT molecular complexity index is 1000. The van der Waals surface area contributed by atoms with Gasteiger partial charge in [-0.05, 0) is 26.0 Å². The Balaban J connectivity index is 1.56. The van der Waals surface area contributed by atoms with E-state index in [0.717, 1.165) is 5.70 Å². The average molecular weight is 432 g/mol. The van der Waals surface area contributed by atoms with E-state index in [1.54, 1.807) is 36.1 Å². The molecule has 1 amide bonds. The van der Waals surface area contributed by atoms with Crippen LogP contribution in [0.4, 0.5) is 4.39 Å². The number of allylic oxidation sites excluding steroid dienone is 2. The highest BCUT2D eigenvalue weighted by atomic mass is 35.5. The maximum Gasteiger partial charge on any atom is 0.258 e. The Labute approximate surface area is 179 Å². The third-order valence-corrected chi connectivity index (χ3v) is 5.91. The van der Waals surface area contributed by atoms with Gasteiger partial charge in [-0.15, -0.1) is 0 Å². The van der Waals surface area contributed by atoms with Gasteiger partial charge in [0.15, 0.2) is 6.17 Å². The molecule has 0 aromatic heterocycles. The van der Waals surface area contributed by atoms with Crippen molar-refractivity contribution in [2.75, 3.05) is 26.2 Å². The minimum Gasteiger partial charge on any atom is -0.485 e. The van der Waals surface area contributed by atoms with Crippen molar-refractivity contribution >= 4 is 28.9 Å². The minimum atomic E-state index is -1.12. The number of amides is 1. The molecule has 0 aliphatic carbocycles. The molecule has 3 N–H and O–H groups in total. The van der Waals surface area contributed by atoms with Crippen LogP contribution in [-0.4, -0.2) is 60.7 Å². The minimum absolute atomic E-state index is 0.162. The summed E-state index contributed by atoms with van der Waals surface area (Å²) < 4.78 is 19.8. The van der Waals surface area contributed by atoms with Crippen molar-refractivity contribution in [1.82, 2.24) is 15.5 Å². The van der Waals surface area contributed by atoms with E-state index in [0.29, 0.717) is 45.7 Å². The van der Waals surface area contributed by atoms with E-state index in [1.807, 2.05) is 6.92 Å². The van der Waals surface area contributed by atoms with Gasteiger partial charge in [0.1, 0.15) is 17.7 Å². The number of para-hydroxylation sites is 1. The highest BCUT2D eigenvalue weighted by Gasteiger charge is 2.33. The quantitative estimate of drug-likeness (QED) is 0.686. The van der Waals surface area contributed by atoms with Gasteiger partial charge in [-0.1, -0.05) is 23.7 Å². The van der Waals surface area contributed by atoms with Crippen molar-refractivity contribution in [1.29, 1.82) is 5.41 Å². The van der Waals surface area contributed by atoms with Crippen LogP contribution in [0, 0.1) is 5.41 Å². The maximum absolute atomic E-state index is 14.0. The zero-order valence-corrected chi connectivity index (χ0v) is 17.5. The lowest BCUT2D eigenvalue weighted by atomic mass is 10.1. The Kier molecular flexibility index (Phi) is 5.62. The number of hydrogen-bond donors (Lipinski definition) is 3. The molecule has 4 rings (SSSR count). The zero-order valence-electron chi connectivity index (χ0n) is 16.8. The van der Waals surface area contributed by atoms with Gasteiger partial charge in [0.05, 0.1) is 35.1 Å². The second-order valence-corrected chi connectivity index (χ2v) is 7.93. The molecule has 0 saturated carbocycles. The number of nitrogens with zero attached hydrogens (tertiary/aromatic N) is 2. The fourth-order valence-corrected chi connectivity index (χ4v) is 3.79. The second-order valence-electron chi connectivity index (χ2n) is 7.55. The number of carbonyl (C=O) groups excluding carboxylic acids is 1. The molecule has 2 saturated heterocycles. The molecule has 0 bridgehead atoms. The van der Waals surface area contributed by atoms with Crippen LogP contribution in [0.3, 0.4) is 0 Å². The summed E-state index contributed by atoms with van der Waals surface area (Å²) in [7, 11) is 0. The summed E-state index contributed by atoms with van der Waals surface area (Å²) in [6, 6.07) is 6.83. The van der Waals surface area contributed by atoms with Gasteiger partial charge in [0.25, 0.3) is 5.91 Å². The lowest BCUT2D eigenvalue weighted by Gasteiger charge is -2.21. The number of aliphatic imine (C=N–C) groups is 1. The fraction of sp³-hybridized carbons (Fsp3) is 0.381. The number of benzene rings is 1. The van der Waals surface area contributed by atoms with Crippen molar-refractivity contribution in [3.05, 3.63) is 52.0 Å². The number of alkyl halides is 1. The van der Waals surface area contributed by atoms with Crippen LogP contribution in [0.2, 0.25) is 0 Å². The lowest BCUT2D eigenvalue weighted by molar-refractivity contribution is 0.0791. The van der Waals surface area contributed by atoms with E-state index in [-0.39, 0.29) is 25.5 Å². The standard InChI is InChI=1S/C21H23ClFN5O2/c1-11-19(22)12(2)27-20(26-11)14-9-28(10-16(14)24)21(29)13-5-3-4-6-17(13)30-18-8-25-7-15(18)23/h3-6,15,18,24-26H,7-10H2,1-2H3/b20-14+,24-16?/t15-,18+/m1/s1. The van der Waals surface area contributed by atoms with Crippen LogP contribution >= 0.6 is 11.6 Å². The Morgan fingerprint density at radius 2 is 2.07 bits per heavy atom. The SMILES string of the molecule is CC1=N/C(=C2\CN(C(=O)c3ccccc3O[C@H]3CNC[C@H]3F)CC2=N)NC(C)=C1Cl. The molecule has 0 unspecified atom stereocenters. The van der Waals surface area contributed by atoms with E-state index in [1.165, 1.54) is 0 Å². The largest absolute Gasteiger partial charge is 0.485 e. The van der Waals surface area contributed by atoms with Crippen molar-refractivity contribution in [2.24, 2.45) is 4.99 Å². The van der Waals surface area contributed by atoms with Crippen LogP contribution in [0.5, 0.6) is 5.75 Å². The molecule has 3 heterocycles. The second kappa shape index (κ2) is 8.20. The number of nitrogens with one attached hydrogen (secondary N) is 3. The van der Waals surface area contributed by atoms with Crippen LogP contribution in [-0.2, 0) is 0 Å². The van der Waals surface area contributed by atoms with Crippen LogP contribution < -0.4 is 15.4 Å². The van der Waals surface area contributed by atoms with E-state index < -0.39 is 12.3 Å². The summed E-state index contributed by atoms with van der Waals surface area (Å²) in [5.41, 5.74) is 2.74. The van der Waals surface area contributed by atoms with E-state index in [9.17, 15) is 9.18 Å². The van der Waals surface area contributed by atoms with E-state index >= 15 is 0 Å². The van der Waals surface area contributed by atoms with Crippen LogP contribution in [0.25, 0.3) is 0 Å². The molecule has 0 radical (unpaired) electrons. The van der Waals surface area contributed by atoms with Gasteiger partial charge in [-0.2, -0.15) is 0 Å². The van der Waals surface area contributed by atoms with Gasteiger partial charge in [-0.3, -0.25) is 4.79 Å².